The topological polar surface area (TPSA) is 74.8 Å². The largest absolute Gasteiger partial charge is 0.274 e. The van der Waals surface area contributed by atoms with Gasteiger partial charge in [-0.15, -0.1) is 0 Å². The molecule has 0 bridgehead atoms. The molecule has 0 aromatic heterocycles. The number of halogens is 2. The Morgan fingerprint density at radius 1 is 0.708 bits per heavy atom. The molecular formula is C16H14Br2N2O4. The highest BCUT2D eigenvalue weighted by atomic mass is 79.9. The maximum Gasteiger partial charge on any atom is 0.230 e. The molecule has 2 saturated heterocycles. The molecule has 0 spiro atoms. The minimum atomic E-state index is -0.565. The monoisotopic (exact) mass is 456 g/mol. The van der Waals surface area contributed by atoms with E-state index in [0.29, 0.717) is 11.1 Å². The molecule has 3 rings (SSSR count). The van der Waals surface area contributed by atoms with E-state index in [0.717, 1.165) is 0 Å². The van der Waals surface area contributed by atoms with Crippen LogP contribution in [0.4, 0.5) is 0 Å². The van der Waals surface area contributed by atoms with Crippen molar-refractivity contribution in [3.8, 4) is 0 Å². The number of carbonyl (C=O) groups excluding carboxylic acids is 4. The fourth-order valence-electron chi connectivity index (χ4n) is 2.85. The van der Waals surface area contributed by atoms with Crippen LogP contribution in [0.1, 0.15) is 46.7 Å². The molecule has 0 saturated carbocycles. The van der Waals surface area contributed by atoms with E-state index < -0.39 is 9.90 Å². The average molecular weight is 458 g/mol. The summed E-state index contributed by atoms with van der Waals surface area (Å²) in [6.07, 6.45) is 0.883. The first-order chi connectivity index (χ1) is 11.4. The van der Waals surface area contributed by atoms with Gasteiger partial charge in [-0.25, -0.2) is 0 Å². The van der Waals surface area contributed by atoms with Gasteiger partial charge in [-0.3, -0.25) is 29.0 Å². The average Bonchev–Trinajstić information content (AvgIpc) is 3.08. The summed E-state index contributed by atoms with van der Waals surface area (Å²) in [5.74, 6) is -0.861. The van der Waals surface area contributed by atoms with Crippen LogP contribution in [0.3, 0.4) is 0 Å². The number of hydrogen-bond donors (Lipinski definition) is 0. The van der Waals surface area contributed by atoms with E-state index in [2.05, 4.69) is 31.9 Å². The molecule has 126 valence electrons. The third-order valence-corrected chi connectivity index (χ3v) is 5.97. The highest BCUT2D eigenvalue weighted by Crippen LogP contribution is 2.36. The summed E-state index contributed by atoms with van der Waals surface area (Å²) in [7, 11) is 0. The van der Waals surface area contributed by atoms with Crippen LogP contribution in [0.2, 0.25) is 0 Å². The summed E-state index contributed by atoms with van der Waals surface area (Å²) >= 11 is 6.81. The van der Waals surface area contributed by atoms with Crippen molar-refractivity contribution in [3.05, 3.63) is 35.4 Å². The number of benzene rings is 1. The first kappa shape index (κ1) is 17.3. The Balaban J connectivity index is 1.86. The van der Waals surface area contributed by atoms with Crippen molar-refractivity contribution in [3.63, 3.8) is 0 Å². The van der Waals surface area contributed by atoms with E-state index >= 15 is 0 Å². The molecule has 1 aromatic carbocycles. The highest BCUT2D eigenvalue weighted by molar-refractivity contribution is 9.09. The molecule has 2 unspecified atom stereocenters. The summed E-state index contributed by atoms with van der Waals surface area (Å²) in [6, 6.07) is 7.12. The quantitative estimate of drug-likeness (QED) is 0.395. The van der Waals surface area contributed by atoms with Crippen molar-refractivity contribution < 1.29 is 19.2 Å². The van der Waals surface area contributed by atoms with Gasteiger partial charge in [0.05, 0.1) is 0 Å². The van der Waals surface area contributed by atoms with Gasteiger partial charge in [-0.1, -0.05) is 50.1 Å². The molecule has 2 aliphatic heterocycles. The Morgan fingerprint density at radius 2 is 1.04 bits per heavy atom. The van der Waals surface area contributed by atoms with Gasteiger partial charge >= 0.3 is 0 Å². The second kappa shape index (κ2) is 6.76. The van der Waals surface area contributed by atoms with E-state index in [1.54, 1.807) is 24.3 Å². The molecule has 2 heterocycles. The second-order valence-electron chi connectivity index (χ2n) is 5.66. The van der Waals surface area contributed by atoms with Crippen molar-refractivity contribution in [2.24, 2.45) is 0 Å². The summed E-state index contributed by atoms with van der Waals surface area (Å²) in [6.45, 7) is 0. The molecule has 0 radical (unpaired) electrons. The summed E-state index contributed by atoms with van der Waals surface area (Å²) in [5.41, 5.74) is 1.42. The molecule has 2 atom stereocenters. The predicted octanol–water partition coefficient (Wildman–Crippen LogP) is 2.77. The first-order valence-corrected chi connectivity index (χ1v) is 9.31. The molecular weight excluding hydrogens is 444 g/mol. The van der Waals surface area contributed by atoms with Crippen LogP contribution in [0.15, 0.2) is 24.3 Å². The fourth-order valence-corrected chi connectivity index (χ4v) is 4.33. The van der Waals surface area contributed by atoms with Gasteiger partial charge in [-0.2, -0.15) is 0 Å². The summed E-state index contributed by atoms with van der Waals surface area (Å²) in [4.78, 5) is 48.8. The van der Waals surface area contributed by atoms with Crippen LogP contribution >= 0.6 is 31.9 Å². The van der Waals surface area contributed by atoms with Gasteiger partial charge in [0, 0.05) is 25.7 Å². The Labute approximate surface area is 155 Å². The predicted molar refractivity (Wildman–Crippen MR) is 92.0 cm³/mol. The zero-order valence-corrected chi connectivity index (χ0v) is 15.7. The number of hydrogen-bond acceptors (Lipinski definition) is 4. The van der Waals surface area contributed by atoms with Gasteiger partial charge in [0.15, 0.2) is 0 Å². The first-order valence-electron chi connectivity index (χ1n) is 7.48. The lowest BCUT2D eigenvalue weighted by molar-refractivity contribution is -0.140. The maximum atomic E-state index is 11.9. The van der Waals surface area contributed by atoms with E-state index in [4.69, 9.17) is 0 Å². The molecule has 24 heavy (non-hydrogen) atoms. The molecule has 2 aliphatic rings. The Hall–Kier alpha value is -1.54. The number of carbonyl (C=O) groups is 4. The normalized spacial score (nSPS) is 20.9. The molecule has 0 N–H and O–H groups in total. The van der Waals surface area contributed by atoms with Gasteiger partial charge in [0.1, 0.15) is 9.90 Å². The molecule has 8 heteroatoms. The van der Waals surface area contributed by atoms with Crippen molar-refractivity contribution in [2.45, 2.75) is 35.6 Å². The molecule has 1 aromatic rings. The van der Waals surface area contributed by atoms with Crippen molar-refractivity contribution >= 4 is 55.5 Å². The van der Waals surface area contributed by atoms with Crippen LogP contribution in [0, 0.1) is 0 Å². The zero-order valence-electron chi connectivity index (χ0n) is 12.6. The lowest BCUT2D eigenvalue weighted by Gasteiger charge is -2.24. The Kier molecular flexibility index (Phi) is 4.87. The highest BCUT2D eigenvalue weighted by Gasteiger charge is 2.36. The second-order valence-corrected chi connectivity index (χ2v) is 7.39. The number of nitrogens with zero attached hydrogens (tertiary/aromatic N) is 2. The summed E-state index contributed by atoms with van der Waals surface area (Å²) in [5, 5.41) is 0. The van der Waals surface area contributed by atoms with Crippen LogP contribution in [0.5, 0.6) is 0 Å². The standard InChI is InChI=1S/C16H14Br2N2O4/c17-15(19-11(21)4-5-12(19)22)9-2-1-3-10(8-9)16(18)20-13(23)6-7-14(20)24/h1-3,8,15-16H,4-7H2. The Bertz CT molecular complexity index is 647. The van der Waals surface area contributed by atoms with Gasteiger partial charge in [-0.05, 0) is 17.2 Å². The van der Waals surface area contributed by atoms with Gasteiger partial charge < -0.3 is 0 Å². The number of imide groups is 2. The molecule has 0 aliphatic carbocycles. The van der Waals surface area contributed by atoms with Crippen LogP contribution in [-0.2, 0) is 19.2 Å². The van der Waals surface area contributed by atoms with E-state index in [1.165, 1.54) is 9.80 Å². The maximum absolute atomic E-state index is 11.9. The lowest BCUT2D eigenvalue weighted by atomic mass is 10.1. The van der Waals surface area contributed by atoms with Gasteiger partial charge in [0.2, 0.25) is 23.6 Å². The molecule has 4 amide bonds. The smallest absolute Gasteiger partial charge is 0.230 e. The number of rotatable bonds is 4. The van der Waals surface area contributed by atoms with Crippen LogP contribution in [0.25, 0.3) is 0 Å². The number of amides is 4. The zero-order chi connectivity index (χ0) is 17.4. The molecule has 6 nitrogen and oxygen atoms in total. The van der Waals surface area contributed by atoms with Crippen LogP contribution < -0.4 is 0 Å². The SMILES string of the molecule is O=C1CCC(=O)N1C(Br)c1cccc(C(Br)N2C(=O)CCC2=O)c1. The van der Waals surface area contributed by atoms with E-state index in [-0.39, 0.29) is 49.3 Å². The third-order valence-electron chi connectivity index (χ3n) is 4.09. The van der Waals surface area contributed by atoms with Crippen molar-refractivity contribution in [2.75, 3.05) is 0 Å². The fraction of sp³-hybridized carbons (Fsp3) is 0.375. The lowest BCUT2D eigenvalue weighted by Crippen LogP contribution is -2.31. The number of alkyl halides is 2. The van der Waals surface area contributed by atoms with Crippen molar-refractivity contribution in [1.29, 1.82) is 0 Å². The van der Waals surface area contributed by atoms with Gasteiger partial charge in [0.25, 0.3) is 0 Å². The minimum Gasteiger partial charge on any atom is -0.274 e. The van der Waals surface area contributed by atoms with Crippen molar-refractivity contribution in [1.82, 2.24) is 9.80 Å². The molecule has 2 fully saturated rings. The Morgan fingerprint density at radius 3 is 1.38 bits per heavy atom. The van der Waals surface area contributed by atoms with E-state index in [1.807, 2.05) is 0 Å². The van der Waals surface area contributed by atoms with E-state index in [9.17, 15) is 19.2 Å². The van der Waals surface area contributed by atoms with Crippen LogP contribution in [-0.4, -0.2) is 33.4 Å². The minimum absolute atomic E-state index is 0.215. The number of likely N-dealkylation sites (tertiary alicyclic amines) is 2. The third kappa shape index (κ3) is 3.04. The summed E-state index contributed by atoms with van der Waals surface area (Å²) < 4.78 is 0.